The van der Waals surface area contributed by atoms with Gasteiger partial charge in [-0.2, -0.15) is 0 Å². The van der Waals surface area contributed by atoms with Crippen molar-refractivity contribution in [1.29, 1.82) is 0 Å². The Labute approximate surface area is 140 Å². The Morgan fingerprint density at radius 2 is 2.14 bits per heavy atom. The van der Waals surface area contributed by atoms with Crippen molar-refractivity contribution in [2.75, 3.05) is 5.32 Å². The van der Waals surface area contributed by atoms with Gasteiger partial charge >= 0.3 is 0 Å². The number of aromatic nitrogens is 1. The third-order valence-corrected chi connectivity index (χ3v) is 4.67. The molecule has 0 aliphatic rings. The highest BCUT2D eigenvalue weighted by Gasteiger charge is 2.06. The molecule has 0 bridgehead atoms. The molecule has 0 spiro atoms. The largest absolute Gasteiger partial charge is 0.298 e. The predicted octanol–water partition coefficient (Wildman–Crippen LogP) is 5.18. The van der Waals surface area contributed by atoms with Gasteiger partial charge in [0.15, 0.2) is 5.13 Å². The van der Waals surface area contributed by atoms with E-state index in [0.29, 0.717) is 10.2 Å². The number of carbonyl (C=O) groups excluding carboxylic acids is 1. The Hall–Kier alpha value is -1.95. The van der Waals surface area contributed by atoms with Gasteiger partial charge in [-0.05, 0) is 35.2 Å². The van der Waals surface area contributed by atoms with Gasteiger partial charge < -0.3 is 0 Å². The van der Waals surface area contributed by atoms with Gasteiger partial charge in [0.25, 0.3) is 0 Å². The molecule has 0 atom stereocenters. The Bertz CT molecular complexity index is 809. The fourth-order valence-corrected chi connectivity index (χ4v) is 3.47. The van der Waals surface area contributed by atoms with Crippen molar-refractivity contribution in [2.45, 2.75) is 0 Å². The molecule has 1 amide bonds. The van der Waals surface area contributed by atoms with Crippen LogP contribution in [0.5, 0.6) is 0 Å². The fourth-order valence-electron chi connectivity index (χ4n) is 1.80. The molecule has 110 valence electrons. The summed E-state index contributed by atoms with van der Waals surface area (Å²) in [6, 6.07) is 11.3. The molecule has 0 saturated carbocycles. The number of hydrogen-bond acceptors (Lipinski definition) is 4. The van der Waals surface area contributed by atoms with Gasteiger partial charge in [0.2, 0.25) is 5.91 Å². The highest BCUT2D eigenvalue weighted by atomic mass is 35.5. The summed E-state index contributed by atoms with van der Waals surface area (Å²) in [5.74, 6) is -0.216. The van der Waals surface area contributed by atoms with E-state index in [1.807, 2.05) is 35.0 Å². The zero-order valence-electron chi connectivity index (χ0n) is 11.3. The summed E-state index contributed by atoms with van der Waals surface area (Å²) in [5, 5.41) is 7.92. The van der Waals surface area contributed by atoms with Gasteiger partial charge in [0.05, 0.1) is 10.6 Å². The van der Waals surface area contributed by atoms with Gasteiger partial charge in [-0.3, -0.25) is 10.1 Å². The van der Waals surface area contributed by atoms with Crippen molar-refractivity contribution in [3.05, 3.63) is 63.8 Å². The molecule has 3 rings (SSSR count). The standard InChI is InChI=1S/C16H11ClN2OS2/c17-12-4-1-3-11(9-12)6-7-15(20)19-16-18-13(10-22-16)14-5-2-8-21-14/h1-10H,(H,18,19,20)/b7-6+. The zero-order chi connectivity index (χ0) is 15.4. The van der Waals surface area contributed by atoms with Crippen LogP contribution in [0.1, 0.15) is 5.56 Å². The van der Waals surface area contributed by atoms with Crippen LogP contribution in [0.15, 0.2) is 53.2 Å². The van der Waals surface area contributed by atoms with Crippen LogP contribution in [0.3, 0.4) is 0 Å². The van der Waals surface area contributed by atoms with E-state index in [4.69, 9.17) is 11.6 Å². The predicted molar refractivity (Wildman–Crippen MR) is 94.5 cm³/mol. The first kappa shape index (κ1) is 15.0. The van der Waals surface area contributed by atoms with Crippen LogP contribution in [0.4, 0.5) is 5.13 Å². The maximum Gasteiger partial charge on any atom is 0.250 e. The van der Waals surface area contributed by atoms with Crippen LogP contribution in [-0.2, 0) is 4.79 Å². The van der Waals surface area contributed by atoms with Crippen LogP contribution in [0.2, 0.25) is 5.02 Å². The van der Waals surface area contributed by atoms with Crippen molar-refractivity contribution in [3.63, 3.8) is 0 Å². The number of thiophene rings is 1. The maximum absolute atomic E-state index is 11.9. The summed E-state index contributed by atoms with van der Waals surface area (Å²) in [6.07, 6.45) is 3.19. The van der Waals surface area contributed by atoms with Crippen molar-refractivity contribution in [2.24, 2.45) is 0 Å². The van der Waals surface area contributed by atoms with Crippen molar-refractivity contribution < 1.29 is 4.79 Å². The zero-order valence-corrected chi connectivity index (χ0v) is 13.7. The van der Waals surface area contributed by atoms with Crippen LogP contribution in [0.25, 0.3) is 16.6 Å². The molecule has 22 heavy (non-hydrogen) atoms. The van der Waals surface area contributed by atoms with Gasteiger partial charge in [-0.25, -0.2) is 4.98 Å². The monoisotopic (exact) mass is 346 g/mol. The van der Waals surface area contributed by atoms with Crippen LogP contribution in [0, 0.1) is 0 Å². The second-order valence-corrected chi connectivity index (χ2v) is 6.64. The number of rotatable bonds is 4. The molecule has 0 aliphatic carbocycles. The van der Waals surface area contributed by atoms with Crippen molar-refractivity contribution in [1.82, 2.24) is 4.98 Å². The smallest absolute Gasteiger partial charge is 0.250 e. The summed E-state index contributed by atoms with van der Waals surface area (Å²) >= 11 is 8.93. The van der Waals surface area contributed by atoms with Gasteiger partial charge in [0, 0.05) is 16.5 Å². The number of hydrogen-bond donors (Lipinski definition) is 1. The molecule has 1 N–H and O–H groups in total. The molecule has 3 nitrogen and oxygen atoms in total. The molecule has 0 aliphatic heterocycles. The van der Waals surface area contributed by atoms with E-state index in [0.717, 1.165) is 16.1 Å². The number of thiazole rings is 1. The normalized spacial score (nSPS) is 11.0. The number of halogens is 1. The van der Waals surface area contributed by atoms with E-state index in [2.05, 4.69) is 10.3 Å². The molecule has 6 heteroatoms. The molecular formula is C16H11ClN2OS2. The van der Waals surface area contributed by atoms with Crippen molar-refractivity contribution in [3.8, 4) is 10.6 Å². The minimum absolute atomic E-state index is 0.216. The summed E-state index contributed by atoms with van der Waals surface area (Å²) in [4.78, 5) is 17.4. The van der Waals surface area contributed by atoms with E-state index in [1.165, 1.54) is 17.4 Å². The molecular weight excluding hydrogens is 336 g/mol. The number of benzene rings is 1. The second-order valence-electron chi connectivity index (χ2n) is 4.39. The lowest BCUT2D eigenvalue weighted by Crippen LogP contribution is -2.07. The average Bonchev–Trinajstić information content (AvgIpc) is 3.16. The molecule has 0 saturated heterocycles. The van der Waals surface area contributed by atoms with E-state index in [1.54, 1.807) is 29.5 Å². The topological polar surface area (TPSA) is 42.0 Å². The molecule has 2 aromatic heterocycles. The Balaban J connectivity index is 1.65. The second kappa shape index (κ2) is 6.87. The van der Waals surface area contributed by atoms with Gasteiger partial charge in [-0.1, -0.05) is 29.8 Å². The summed E-state index contributed by atoms with van der Waals surface area (Å²) < 4.78 is 0. The van der Waals surface area contributed by atoms with E-state index < -0.39 is 0 Å². The first-order chi connectivity index (χ1) is 10.7. The van der Waals surface area contributed by atoms with E-state index >= 15 is 0 Å². The Kier molecular flexibility index (Phi) is 4.68. The maximum atomic E-state index is 11.9. The number of anilines is 1. The lowest BCUT2D eigenvalue weighted by atomic mass is 10.2. The molecule has 2 heterocycles. The number of amides is 1. The molecule has 0 fully saturated rings. The minimum Gasteiger partial charge on any atom is -0.298 e. The third-order valence-electron chi connectivity index (χ3n) is 2.78. The number of nitrogens with one attached hydrogen (secondary N) is 1. The first-order valence-corrected chi connectivity index (χ1v) is 8.58. The summed E-state index contributed by atoms with van der Waals surface area (Å²) in [7, 11) is 0. The van der Waals surface area contributed by atoms with Gasteiger partial charge in [0.1, 0.15) is 0 Å². The average molecular weight is 347 g/mol. The molecule has 1 aromatic carbocycles. The van der Waals surface area contributed by atoms with Crippen LogP contribution in [-0.4, -0.2) is 10.9 Å². The number of nitrogens with zero attached hydrogens (tertiary/aromatic N) is 1. The van der Waals surface area contributed by atoms with Crippen molar-refractivity contribution >= 4 is 51.4 Å². The lowest BCUT2D eigenvalue weighted by molar-refractivity contribution is -0.111. The summed E-state index contributed by atoms with van der Waals surface area (Å²) in [6.45, 7) is 0. The van der Waals surface area contributed by atoms with Crippen LogP contribution >= 0.6 is 34.3 Å². The fraction of sp³-hybridized carbons (Fsp3) is 0. The molecule has 0 unspecified atom stereocenters. The quantitative estimate of drug-likeness (QED) is 0.661. The van der Waals surface area contributed by atoms with Gasteiger partial charge in [-0.15, -0.1) is 22.7 Å². The Morgan fingerprint density at radius 3 is 2.91 bits per heavy atom. The third kappa shape index (κ3) is 3.82. The SMILES string of the molecule is O=C(/C=C/c1cccc(Cl)c1)Nc1nc(-c2cccs2)cs1. The highest BCUT2D eigenvalue weighted by Crippen LogP contribution is 2.28. The minimum atomic E-state index is -0.216. The summed E-state index contributed by atoms with van der Waals surface area (Å²) in [5.41, 5.74) is 1.76. The molecule has 3 aromatic rings. The van der Waals surface area contributed by atoms with Crippen LogP contribution < -0.4 is 5.32 Å². The lowest BCUT2D eigenvalue weighted by Gasteiger charge is -1.97. The highest BCUT2D eigenvalue weighted by molar-refractivity contribution is 7.16. The molecule has 0 radical (unpaired) electrons. The van der Waals surface area contributed by atoms with E-state index in [9.17, 15) is 4.79 Å². The van der Waals surface area contributed by atoms with E-state index in [-0.39, 0.29) is 5.91 Å². The number of carbonyl (C=O) groups is 1. The first-order valence-electron chi connectivity index (χ1n) is 6.45. The Morgan fingerprint density at radius 1 is 1.23 bits per heavy atom.